The fourth-order valence-corrected chi connectivity index (χ4v) is 11.0. The fourth-order valence-electron chi connectivity index (χ4n) is 8.75. The van der Waals surface area contributed by atoms with Crippen molar-refractivity contribution in [2.24, 2.45) is 34.5 Å². The topological polar surface area (TPSA) is 80.3 Å². The molecule has 1 aliphatic heterocycles. The number of ether oxygens (including phenoxy) is 3. The van der Waals surface area contributed by atoms with Crippen LogP contribution in [0.25, 0.3) is 0 Å². The molecule has 0 bridgehead atoms. The summed E-state index contributed by atoms with van der Waals surface area (Å²) in [5.41, 5.74) is 2.18. The third-order valence-electron chi connectivity index (χ3n) is 11.7. The van der Waals surface area contributed by atoms with Crippen molar-refractivity contribution in [3.05, 3.63) is 89.5 Å². The first-order valence-electron chi connectivity index (χ1n) is 20.2. The monoisotopic (exact) mass is 774 g/mol. The fraction of sp³-hybridized carbons (Fsp3) is 0.600. The summed E-state index contributed by atoms with van der Waals surface area (Å²) in [6, 6.07) is 17.4. The van der Waals surface area contributed by atoms with Crippen LogP contribution in [0.4, 0.5) is 0 Å². The molecular formula is C45H66O7Si2. The normalized spacial score (nSPS) is 29.3. The Hall–Kier alpha value is -2.99. The average molecular weight is 775 g/mol. The molecule has 296 valence electrons. The smallest absolute Gasteiger partial charge is 0.352 e. The maximum atomic E-state index is 14.6. The van der Waals surface area contributed by atoms with Crippen LogP contribution in [0.1, 0.15) is 91.4 Å². The van der Waals surface area contributed by atoms with Crippen LogP contribution < -0.4 is 4.74 Å². The largest absolute Gasteiger partial charge is 0.474 e. The van der Waals surface area contributed by atoms with E-state index in [0.717, 1.165) is 23.1 Å². The summed E-state index contributed by atoms with van der Waals surface area (Å²) in [5.74, 6) is 0.0228. The van der Waals surface area contributed by atoms with Gasteiger partial charge in [0, 0.05) is 23.3 Å². The second-order valence-corrected chi connectivity index (χ2v) is 23.4. The molecule has 7 nitrogen and oxygen atoms in total. The highest BCUT2D eigenvalue weighted by Crippen LogP contribution is 2.53. The third-order valence-corrected chi connectivity index (χ3v) is 13.4. The van der Waals surface area contributed by atoms with Crippen LogP contribution in [-0.2, 0) is 27.9 Å². The van der Waals surface area contributed by atoms with Crippen molar-refractivity contribution in [3.8, 4) is 5.75 Å². The summed E-state index contributed by atoms with van der Waals surface area (Å²) in [6.07, 6.45) is 7.47. The molecule has 0 saturated carbocycles. The second-order valence-electron chi connectivity index (χ2n) is 18.7. The Balaban J connectivity index is 1.51. The van der Waals surface area contributed by atoms with Crippen molar-refractivity contribution in [2.75, 3.05) is 0 Å². The molecule has 0 spiro atoms. The minimum Gasteiger partial charge on any atom is -0.474 e. The van der Waals surface area contributed by atoms with E-state index in [1.165, 1.54) is 0 Å². The molecule has 5 rings (SSSR count). The van der Waals surface area contributed by atoms with Crippen LogP contribution >= 0.6 is 0 Å². The average Bonchev–Trinajstić information content (AvgIpc) is 3.08. The number of hydrogen-bond donors (Lipinski definition) is 0. The highest BCUT2D eigenvalue weighted by molar-refractivity contribution is 6.49. The van der Waals surface area contributed by atoms with Gasteiger partial charge >= 0.3 is 11.9 Å². The van der Waals surface area contributed by atoms with Crippen molar-refractivity contribution in [1.82, 2.24) is 0 Å². The van der Waals surface area contributed by atoms with Gasteiger partial charge in [0.1, 0.15) is 24.1 Å². The standard InChI is InChI=1S/C45H66O7Si2/c1-29-18-22-34(23-19-29)48-39(31-16-14-13-15-17-31)41(46)50-37-27-33(43(3,4)5)26-32-21-20-30(2)45(38(32)37,52-54(11)12)25-24-35-28-36(44(6,7)8)40(42(47)49-35)51-53(9)10/h13-23,26,30,33,35-40,53-54H,24-25,27-28H2,1-12H3/t30-,33+,35+,36-,37-,38+,39?,40?,45-/m0/s1. The molecule has 1 fully saturated rings. The first-order valence-corrected chi connectivity index (χ1v) is 25.8. The number of rotatable bonds is 12. The summed E-state index contributed by atoms with van der Waals surface area (Å²) in [6.45, 7) is 26.3. The molecule has 3 aliphatic rings. The van der Waals surface area contributed by atoms with Crippen LogP contribution in [-0.4, -0.2) is 53.9 Å². The Morgan fingerprint density at radius 2 is 1.59 bits per heavy atom. The van der Waals surface area contributed by atoms with Crippen LogP contribution in [0.2, 0.25) is 26.2 Å². The molecule has 0 N–H and O–H groups in total. The Labute approximate surface area is 328 Å². The molecule has 1 heterocycles. The van der Waals surface area contributed by atoms with Crippen molar-refractivity contribution >= 4 is 30.0 Å². The number of aryl methyl sites for hydroxylation is 1. The van der Waals surface area contributed by atoms with Gasteiger partial charge in [-0.25, -0.2) is 9.59 Å². The lowest BCUT2D eigenvalue weighted by atomic mass is 9.59. The predicted molar refractivity (Wildman–Crippen MR) is 221 cm³/mol. The van der Waals surface area contributed by atoms with Gasteiger partial charge in [-0.05, 0) is 93.2 Å². The van der Waals surface area contributed by atoms with E-state index in [1.54, 1.807) is 0 Å². The maximum absolute atomic E-state index is 14.6. The maximum Gasteiger partial charge on any atom is 0.352 e. The molecule has 9 atom stereocenters. The van der Waals surface area contributed by atoms with E-state index < -0.39 is 48.0 Å². The van der Waals surface area contributed by atoms with Crippen molar-refractivity contribution < 1.29 is 32.7 Å². The van der Waals surface area contributed by atoms with Gasteiger partial charge in [0.25, 0.3) is 0 Å². The molecule has 2 unspecified atom stereocenters. The number of allylic oxidation sites excluding steroid dienone is 2. The Morgan fingerprint density at radius 1 is 0.926 bits per heavy atom. The number of cyclic esters (lactones) is 1. The summed E-state index contributed by atoms with van der Waals surface area (Å²) >= 11 is 0. The van der Waals surface area contributed by atoms with Gasteiger partial charge in [0.05, 0.1) is 5.60 Å². The number of esters is 2. The number of carbonyl (C=O) groups is 2. The molecule has 0 aromatic heterocycles. The summed E-state index contributed by atoms with van der Waals surface area (Å²) in [5, 5.41) is 0. The minimum atomic E-state index is -1.65. The molecule has 9 heteroatoms. The van der Waals surface area contributed by atoms with Gasteiger partial charge in [0.2, 0.25) is 6.10 Å². The molecule has 0 radical (unpaired) electrons. The minimum absolute atomic E-state index is 0.0383. The van der Waals surface area contributed by atoms with E-state index in [9.17, 15) is 9.59 Å². The van der Waals surface area contributed by atoms with Gasteiger partial charge < -0.3 is 23.1 Å². The van der Waals surface area contributed by atoms with E-state index in [-0.39, 0.29) is 46.6 Å². The second kappa shape index (κ2) is 17.0. The van der Waals surface area contributed by atoms with E-state index >= 15 is 0 Å². The van der Waals surface area contributed by atoms with E-state index in [1.807, 2.05) is 61.5 Å². The van der Waals surface area contributed by atoms with Crippen molar-refractivity contribution in [3.63, 3.8) is 0 Å². The van der Waals surface area contributed by atoms with Gasteiger partial charge in [0.15, 0.2) is 18.1 Å². The Bertz CT molecular complexity index is 1640. The SMILES string of the molecule is Cc1ccc(OC(C(=O)O[C@H]2C[C@H](C(C)(C)C)C=C3C=C[C@H](C)[C@](CC[C@@H]4C[C@H](C(C)(C)C)C(O[SiH](C)C)C(=O)O4)(O[SiH](C)C)[C@H]32)c2ccccc2)cc1. The summed E-state index contributed by atoms with van der Waals surface area (Å²) in [7, 11) is -3.12. The molecule has 2 aromatic rings. The lowest BCUT2D eigenvalue weighted by molar-refractivity contribution is -0.180. The zero-order chi connectivity index (χ0) is 39.6. The van der Waals surface area contributed by atoms with Crippen LogP contribution in [0.3, 0.4) is 0 Å². The zero-order valence-corrected chi connectivity index (χ0v) is 37.2. The lowest BCUT2D eigenvalue weighted by Crippen LogP contribution is -2.58. The van der Waals surface area contributed by atoms with Gasteiger partial charge in [-0.1, -0.05) is 115 Å². The number of fused-ring (bicyclic) bond motifs is 1. The highest BCUT2D eigenvalue weighted by atomic mass is 28.3. The van der Waals surface area contributed by atoms with Gasteiger partial charge in [-0.2, -0.15) is 0 Å². The van der Waals surface area contributed by atoms with Crippen LogP contribution in [0, 0.1) is 41.4 Å². The van der Waals surface area contributed by atoms with E-state index in [4.69, 9.17) is 23.1 Å². The van der Waals surface area contributed by atoms with Gasteiger partial charge in [-0.15, -0.1) is 0 Å². The summed E-state index contributed by atoms with van der Waals surface area (Å²) in [4.78, 5) is 28.2. The van der Waals surface area contributed by atoms with E-state index in [0.29, 0.717) is 25.0 Å². The lowest BCUT2D eigenvalue weighted by Gasteiger charge is -2.54. The zero-order valence-electron chi connectivity index (χ0n) is 34.9. The first-order chi connectivity index (χ1) is 25.3. The number of hydrogen-bond acceptors (Lipinski definition) is 7. The number of carbonyl (C=O) groups excluding carboxylic acids is 2. The third kappa shape index (κ3) is 9.87. The summed E-state index contributed by atoms with van der Waals surface area (Å²) < 4.78 is 33.1. The molecule has 2 aliphatic carbocycles. The molecule has 0 amide bonds. The highest BCUT2D eigenvalue weighted by Gasteiger charge is 2.55. The molecule has 1 saturated heterocycles. The Morgan fingerprint density at radius 3 is 2.19 bits per heavy atom. The van der Waals surface area contributed by atoms with Crippen LogP contribution in [0.5, 0.6) is 5.75 Å². The van der Waals surface area contributed by atoms with Crippen molar-refractivity contribution in [2.45, 2.75) is 137 Å². The van der Waals surface area contributed by atoms with E-state index in [2.05, 4.69) is 92.9 Å². The molecular weight excluding hydrogens is 709 g/mol. The number of benzene rings is 2. The first kappa shape index (κ1) is 42.2. The van der Waals surface area contributed by atoms with Crippen molar-refractivity contribution in [1.29, 1.82) is 0 Å². The Kier molecular flexibility index (Phi) is 13.3. The van der Waals surface area contributed by atoms with Crippen LogP contribution in [0.15, 0.2) is 78.4 Å². The molecule has 2 aromatic carbocycles. The predicted octanol–water partition coefficient (Wildman–Crippen LogP) is 9.71. The quantitative estimate of drug-likeness (QED) is 0.157. The molecule has 54 heavy (non-hydrogen) atoms. The van der Waals surface area contributed by atoms with Gasteiger partial charge in [-0.3, -0.25) is 0 Å².